The predicted octanol–water partition coefficient (Wildman–Crippen LogP) is 2.66. The maximum Gasteiger partial charge on any atom is 0.293 e. The highest BCUT2D eigenvalue weighted by molar-refractivity contribution is 5.95. The zero-order chi connectivity index (χ0) is 20.5. The normalized spacial score (nSPS) is 14.4. The molecule has 1 fully saturated rings. The van der Waals surface area contributed by atoms with Crippen LogP contribution in [0, 0.1) is 11.6 Å². The molecule has 0 N–H and O–H groups in total. The molecule has 1 saturated heterocycles. The number of hydrogen-bond acceptors (Lipinski definition) is 4. The zero-order valence-corrected chi connectivity index (χ0v) is 15.9. The first-order chi connectivity index (χ1) is 14.0. The molecule has 2 aromatic carbocycles. The van der Waals surface area contributed by atoms with Gasteiger partial charge in [-0.2, -0.15) is 0 Å². The van der Waals surface area contributed by atoms with E-state index in [0.29, 0.717) is 25.5 Å². The fourth-order valence-corrected chi connectivity index (χ4v) is 3.68. The molecule has 0 saturated carbocycles. The number of aromatic nitrogens is 2. The van der Waals surface area contributed by atoms with Crippen molar-refractivity contribution >= 4 is 22.8 Å². The average molecular weight is 398 g/mol. The minimum absolute atomic E-state index is 0.189. The van der Waals surface area contributed by atoms with E-state index in [4.69, 9.17) is 0 Å². The van der Waals surface area contributed by atoms with Crippen LogP contribution in [0.5, 0.6) is 0 Å². The summed E-state index contributed by atoms with van der Waals surface area (Å²) in [6.07, 6.45) is 0. The summed E-state index contributed by atoms with van der Waals surface area (Å²) in [6.45, 7) is 3.61. The van der Waals surface area contributed by atoms with E-state index in [1.54, 1.807) is 4.57 Å². The Hall–Kier alpha value is -3.29. The van der Waals surface area contributed by atoms with Crippen LogP contribution in [0.1, 0.15) is 17.3 Å². The van der Waals surface area contributed by atoms with E-state index in [1.165, 1.54) is 11.0 Å². The molecule has 0 unspecified atom stereocenters. The third-order valence-electron chi connectivity index (χ3n) is 5.19. The van der Waals surface area contributed by atoms with Crippen molar-refractivity contribution in [1.82, 2.24) is 14.5 Å². The van der Waals surface area contributed by atoms with Crippen LogP contribution in [0.15, 0.2) is 47.3 Å². The van der Waals surface area contributed by atoms with Crippen LogP contribution in [0.3, 0.4) is 0 Å². The van der Waals surface area contributed by atoms with Crippen LogP contribution >= 0.6 is 0 Å². The van der Waals surface area contributed by atoms with Gasteiger partial charge in [0.15, 0.2) is 5.82 Å². The maximum atomic E-state index is 13.9. The molecule has 8 heteroatoms. The summed E-state index contributed by atoms with van der Waals surface area (Å²) in [5, 5.41) is 0. The van der Waals surface area contributed by atoms with Crippen molar-refractivity contribution in [3.05, 3.63) is 70.0 Å². The summed E-state index contributed by atoms with van der Waals surface area (Å²) >= 11 is 0. The Bertz CT molecular complexity index is 1120. The third kappa shape index (κ3) is 3.35. The third-order valence-corrected chi connectivity index (χ3v) is 5.19. The second kappa shape index (κ2) is 7.62. The second-order valence-corrected chi connectivity index (χ2v) is 6.85. The molecular formula is C21H20F2N4O2. The van der Waals surface area contributed by atoms with Crippen LogP contribution in [0.4, 0.5) is 14.6 Å². The largest absolute Gasteiger partial charge is 0.348 e. The monoisotopic (exact) mass is 398 g/mol. The second-order valence-electron chi connectivity index (χ2n) is 6.85. The fourth-order valence-electron chi connectivity index (χ4n) is 3.68. The molecule has 0 radical (unpaired) electrons. The van der Waals surface area contributed by atoms with Gasteiger partial charge in [0.05, 0.1) is 11.0 Å². The van der Waals surface area contributed by atoms with Crippen molar-refractivity contribution in [2.24, 2.45) is 0 Å². The van der Waals surface area contributed by atoms with Crippen LogP contribution < -0.4 is 10.5 Å². The number of para-hydroxylation sites is 2. The average Bonchev–Trinajstić information content (AvgIpc) is 2.73. The number of rotatable bonds is 3. The van der Waals surface area contributed by atoms with Crippen molar-refractivity contribution in [1.29, 1.82) is 0 Å². The van der Waals surface area contributed by atoms with E-state index in [-0.39, 0.29) is 18.6 Å². The number of anilines is 1. The van der Waals surface area contributed by atoms with E-state index in [2.05, 4.69) is 4.98 Å². The molecule has 0 bridgehead atoms. The maximum absolute atomic E-state index is 13.9. The van der Waals surface area contributed by atoms with E-state index in [9.17, 15) is 18.4 Å². The number of carbonyl (C=O) groups is 1. The number of aryl methyl sites for hydroxylation is 1. The molecule has 6 nitrogen and oxygen atoms in total. The molecule has 4 rings (SSSR count). The Balaban J connectivity index is 1.58. The van der Waals surface area contributed by atoms with Crippen LogP contribution in [0.25, 0.3) is 11.0 Å². The van der Waals surface area contributed by atoms with Crippen LogP contribution in [-0.2, 0) is 6.54 Å². The Kier molecular flexibility index (Phi) is 5.00. The molecule has 1 amide bonds. The number of nitrogens with zero attached hydrogens (tertiary/aromatic N) is 4. The first-order valence-corrected chi connectivity index (χ1v) is 9.49. The molecule has 3 aromatic rings. The van der Waals surface area contributed by atoms with Gasteiger partial charge in [0.2, 0.25) is 0 Å². The first-order valence-electron chi connectivity index (χ1n) is 9.49. The van der Waals surface area contributed by atoms with E-state index < -0.39 is 23.1 Å². The Morgan fingerprint density at radius 1 is 1.00 bits per heavy atom. The quantitative estimate of drug-likeness (QED) is 0.681. The molecule has 150 valence electrons. The highest BCUT2D eigenvalue weighted by Gasteiger charge is 2.28. The highest BCUT2D eigenvalue weighted by atomic mass is 19.1. The molecule has 1 aliphatic rings. The summed E-state index contributed by atoms with van der Waals surface area (Å²) in [5.41, 5.74) is 0.757. The van der Waals surface area contributed by atoms with Crippen molar-refractivity contribution in [3.63, 3.8) is 0 Å². The standard InChI is InChI=1S/C21H20F2N4O2/c1-2-27-17-9-4-3-8-16(17)24-19(21(27)29)25-10-12-26(13-11-25)20(28)18-14(22)6-5-7-15(18)23/h3-9H,2,10-13H2,1H3. The van der Waals surface area contributed by atoms with Crippen LogP contribution in [-0.4, -0.2) is 46.5 Å². The zero-order valence-electron chi connectivity index (χ0n) is 15.9. The van der Waals surface area contributed by atoms with Gasteiger partial charge in [-0.15, -0.1) is 0 Å². The number of carbonyl (C=O) groups excluding carboxylic acids is 1. The summed E-state index contributed by atoms with van der Waals surface area (Å²) in [6, 6.07) is 10.8. The highest BCUT2D eigenvalue weighted by Crippen LogP contribution is 2.19. The lowest BCUT2D eigenvalue weighted by Crippen LogP contribution is -2.51. The number of piperazine rings is 1. The van der Waals surface area contributed by atoms with Crippen molar-refractivity contribution in [2.75, 3.05) is 31.1 Å². The lowest BCUT2D eigenvalue weighted by Gasteiger charge is -2.35. The molecule has 0 aliphatic carbocycles. The number of hydrogen-bond donors (Lipinski definition) is 0. The SMILES string of the molecule is CCn1c(=O)c(N2CCN(C(=O)c3c(F)cccc3F)CC2)nc2ccccc21. The minimum Gasteiger partial charge on any atom is -0.348 e. The summed E-state index contributed by atoms with van der Waals surface area (Å²) < 4.78 is 29.5. The lowest BCUT2D eigenvalue weighted by molar-refractivity contribution is 0.0736. The van der Waals surface area contributed by atoms with Gasteiger partial charge < -0.3 is 14.4 Å². The summed E-state index contributed by atoms with van der Waals surface area (Å²) in [7, 11) is 0. The molecule has 2 heterocycles. The predicted molar refractivity (Wildman–Crippen MR) is 106 cm³/mol. The number of fused-ring (bicyclic) bond motifs is 1. The topological polar surface area (TPSA) is 58.4 Å². The lowest BCUT2D eigenvalue weighted by atomic mass is 10.1. The summed E-state index contributed by atoms with van der Waals surface area (Å²) in [4.78, 5) is 33.2. The van der Waals surface area contributed by atoms with Gasteiger partial charge in [0.25, 0.3) is 11.5 Å². The Labute approximate surface area is 166 Å². The van der Waals surface area contributed by atoms with E-state index >= 15 is 0 Å². The van der Waals surface area contributed by atoms with Crippen LogP contribution in [0.2, 0.25) is 0 Å². The molecule has 1 aliphatic heterocycles. The van der Waals surface area contributed by atoms with Crippen molar-refractivity contribution in [3.8, 4) is 0 Å². The molecule has 0 spiro atoms. The molecule has 0 atom stereocenters. The molecule has 29 heavy (non-hydrogen) atoms. The molecule has 1 aromatic heterocycles. The summed E-state index contributed by atoms with van der Waals surface area (Å²) in [5.74, 6) is -2.11. The van der Waals surface area contributed by atoms with Crippen molar-refractivity contribution < 1.29 is 13.6 Å². The number of benzene rings is 2. The Morgan fingerprint density at radius 3 is 2.31 bits per heavy atom. The van der Waals surface area contributed by atoms with Gasteiger partial charge in [-0.3, -0.25) is 9.59 Å². The smallest absolute Gasteiger partial charge is 0.293 e. The van der Waals surface area contributed by atoms with Gasteiger partial charge >= 0.3 is 0 Å². The van der Waals surface area contributed by atoms with Gasteiger partial charge in [-0.05, 0) is 31.2 Å². The van der Waals surface area contributed by atoms with Gasteiger partial charge in [-0.25, -0.2) is 13.8 Å². The first kappa shape index (κ1) is 19.0. The van der Waals surface area contributed by atoms with E-state index in [0.717, 1.165) is 23.2 Å². The number of amides is 1. The Morgan fingerprint density at radius 2 is 1.66 bits per heavy atom. The minimum atomic E-state index is -0.876. The van der Waals surface area contributed by atoms with E-state index in [1.807, 2.05) is 36.1 Å². The molecular weight excluding hydrogens is 378 g/mol. The van der Waals surface area contributed by atoms with Crippen molar-refractivity contribution in [2.45, 2.75) is 13.5 Å². The van der Waals surface area contributed by atoms with Gasteiger partial charge in [0, 0.05) is 32.7 Å². The number of halogens is 2. The fraction of sp³-hybridized carbons (Fsp3) is 0.286. The van der Waals surface area contributed by atoms with Gasteiger partial charge in [-0.1, -0.05) is 18.2 Å². The van der Waals surface area contributed by atoms with Gasteiger partial charge in [0.1, 0.15) is 17.2 Å².